The van der Waals surface area contributed by atoms with Crippen LogP contribution in [0.2, 0.25) is 0 Å². The molecule has 3 amide bonds. The van der Waals surface area contributed by atoms with E-state index in [2.05, 4.69) is 29.5 Å². The first-order valence-electron chi connectivity index (χ1n) is 11.6. The molecule has 0 aliphatic carbocycles. The summed E-state index contributed by atoms with van der Waals surface area (Å²) in [4.78, 5) is 40.8. The minimum Gasteiger partial charge on any atom is -0.345 e. The van der Waals surface area contributed by atoms with Crippen LogP contribution in [-0.4, -0.2) is 69.5 Å². The maximum atomic E-state index is 13.1. The second-order valence-electron chi connectivity index (χ2n) is 8.99. The van der Waals surface area contributed by atoms with Gasteiger partial charge in [-0.25, -0.2) is 0 Å². The van der Waals surface area contributed by atoms with E-state index in [-0.39, 0.29) is 36.2 Å². The maximum Gasteiger partial charge on any atom is 0.244 e. The number of carbonyl (C=O) groups excluding carboxylic acids is 3. The fraction of sp³-hybridized carbons (Fsp3) is 0.520. The molecule has 1 aliphatic heterocycles. The summed E-state index contributed by atoms with van der Waals surface area (Å²) in [5.74, 6) is 0.0370. The van der Waals surface area contributed by atoms with Crippen LogP contribution in [0.5, 0.6) is 0 Å². The minimum atomic E-state index is -0.528. The number of hydrogen-bond donors (Lipinski definition) is 1. The van der Waals surface area contributed by atoms with Crippen molar-refractivity contribution < 1.29 is 14.4 Å². The fourth-order valence-corrected chi connectivity index (χ4v) is 4.66. The number of amides is 3. The van der Waals surface area contributed by atoms with Gasteiger partial charge in [-0.05, 0) is 56.2 Å². The van der Waals surface area contributed by atoms with Gasteiger partial charge in [0.2, 0.25) is 17.7 Å². The molecule has 1 fully saturated rings. The first-order valence-corrected chi connectivity index (χ1v) is 11.6. The topological polar surface area (TPSA) is 87.5 Å². The van der Waals surface area contributed by atoms with Gasteiger partial charge in [-0.3, -0.25) is 19.1 Å². The normalized spacial score (nSPS) is 16.2. The van der Waals surface area contributed by atoms with Gasteiger partial charge in [-0.15, -0.1) is 0 Å². The summed E-state index contributed by atoms with van der Waals surface area (Å²) in [7, 11) is 1.88. The third kappa shape index (κ3) is 6.43. The lowest BCUT2D eigenvalue weighted by Gasteiger charge is -2.41. The van der Waals surface area contributed by atoms with E-state index < -0.39 is 6.04 Å². The molecular weight excluding hydrogens is 418 g/mol. The molecule has 1 N–H and O–H groups in total. The van der Waals surface area contributed by atoms with Crippen LogP contribution in [0.25, 0.3) is 0 Å². The number of benzene rings is 1. The van der Waals surface area contributed by atoms with Gasteiger partial charge < -0.3 is 15.1 Å². The van der Waals surface area contributed by atoms with Crippen LogP contribution in [0.3, 0.4) is 0 Å². The molecular formula is C25H35N5O3. The number of piperidine rings is 1. The van der Waals surface area contributed by atoms with Crippen molar-refractivity contribution in [1.29, 1.82) is 0 Å². The first kappa shape index (κ1) is 24.5. The second-order valence-corrected chi connectivity index (χ2v) is 8.99. The van der Waals surface area contributed by atoms with Gasteiger partial charge in [0.15, 0.2) is 0 Å². The first-order chi connectivity index (χ1) is 15.8. The maximum absolute atomic E-state index is 13.1. The Hall–Kier alpha value is -3.16. The third-order valence-corrected chi connectivity index (χ3v) is 6.62. The molecule has 2 aromatic rings. The van der Waals surface area contributed by atoms with Gasteiger partial charge in [0, 0.05) is 45.5 Å². The predicted molar refractivity (Wildman–Crippen MR) is 126 cm³/mol. The zero-order valence-corrected chi connectivity index (χ0v) is 20.0. The van der Waals surface area contributed by atoms with Crippen LogP contribution in [-0.2, 0) is 27.3 Å². The number of carbonyl (C=O) groups is 3. The van der Waals surface area contributed by atoms with Crippen molar-refractivity contribution in [2.75, 3.05) is 20.1 Å². The number of nitrogens with one attached hydrogen (secondary N) is 1. The van der Waals surface area contributed by atoms with Crippen molar-refractivity contribution in [2.45, 2.75) is 58.7 Å². The van der Waals surface area contributed by atoms with Crippen LogP contribution in [0.4, 0.5) is 0 Å². The molecule has 0 bridgehead atoms. The molecule has 0 spiro atoms. The van der Waals surface area contributed by atoms with Gasteiger partial charge in [0.25, 0.3) is 0 Å². The minimum absolute atomic E-state index is 0.0232. The van der Waals surface area contributed by atoms with Crippen LogP contribution >= 0.6 is 0 Å². The highest BCUT2D eigenvalue weighted by Gasteiger charge is 2.34. The number of nitrogens with zero attached hydrogens (tertiary/aromatic N) is 4. The van der Waals surface area contributed by atoms with Gasteiger partial charge >= 0.3 is 0 Å². The van der Waals surface area contributed by atoms with E-state index in [0.29, 0.717) is 13.1 Å². The molecule has 0 unspecified atom stereocenters. The summed E-state index contributed by atoms with van der Waals surface area (Å²) >= 11 is 0. The fourth-order valence-electron chi connectivity index (χ4n) is 4.66. The van der Waals surface area contributed by atoms with Crippen molar-refractivity contribution in [2.24, 2.45) is 5.92 Å². The van der Waals surface area contributed by atoms with E-state index in [9.17, 15) is 14.4 Å². The molecule has 33 heavy (non-hydrogen) atoms. The summed E-state index contributed by atoms with van der Waals surface area (Å²) < 4.78 is 1.65. The van der Waals surface area contributed by atoms with Crippen molar-refractivity contribution in [1.82, 2.24) is 24.9 Å². The Morgan fingerprint density at radius 2 is 1.88 bits per heavy atom. The van der Waals surface area contributed by atoms with Crippen LogP contribution in [0, 0.1) is 12.8 Å². The van der Waals surface area contributed by atoms with Gasteiger partial charge in [0.1, 0.15) is 12.6 Å². The highest BCUT2D eigenvalue weighted by molar-refractivity contribution is 5.86. The average Bonchev–Trinajstić information content (AvgIpc) is 3.30. The summed E-state index contributed by atoms with van der Waals surface area (Å²) in [5, 5.41) is 6.85. The number of likely N-dealkylation sites (tertiary alicyclic amines) is 1. The van der Waals surface area contributed by atoms with Crippen molar-refractivity contribution in [3.05, 3.63) is 53.9 Å². The standard InChI is InChI=1S/C25H35N5O3/c1-18-8-5-6-9-22(18)16-23(28(4)24(32)17-30-13-7-12-26-30)21-10-14-29(15-11-21)25(33)19(2)27-20(3)31/h5-9,12-13,19,21,23H,10-11,14-17H2,1-4H3,(H,27,31)/t19-,23-/m0/s1. The molecule has 1 saturated heterocycles. The van der Waals surface area contributed by atoms with E-state index in [1.807, 2.05) is 35.0 Å². The quantitative estimate of drug-likeness (QED) is 0.663. The molecule has 2 atom stereocenters. The lowest BCUT2D eigenvalue weighted by molar-refractivity contribution is -0.138. The summed E-state index contributed by atoms with van der Waals surface area (Å²) in [5.41, 5.74) is 2.45. The Bertz CT molecular complexity index is 951. The number of rotatable bonds is 8. The molecule has 0 saturated carbocycles. The number of aryl methyl sites for hydroxylation is 1. The van der Waals surface area contributed by atoms with E-state index in [0.717, 1.165) is 19.3 Å². The molecule has 1 aromatic carbocycles. The molecule has 1 aliphatic rings. The number of aromatic nitrogens is 2. The highest BCUT2D eigenvalue weighted by Crippen LogP contribution is 2.28. The monoisotopic (exact) mass is 453 g/mol. The van der Waals surface area contributed by atoms with Crippen molar-refractivity contribution in [3.8, 4) is 0 Å². The largest absolute Gasteiger partial charge is 0.345 e. The van der Waals surface area contributed by atoms with Gasteiger partial charge in [-0.2, -0.15) is 5.10 Å². The van der Waals surface area contributed by atoms with Crippen LogP contribution < -0.4 is 5.32 Å². The zero-order chi connectivity index (χ0) is 24.0. The Kier molecular flexibility index (Phi) is 8.25. The lowest BCUT2D eigenvalue weighted by atomic mass is 9.84. The number of likely N-dealkylation sites (N-methyl/N-ethyl adjacent to an activating group) is 1. The Morgan fingerprint density at radius 3 is 2.48 bits per heavy atom. The van der Waals surface area contributed by atoms with Crippen LogP contribution in [0.15, 0.2) is 42.7 Å². The van der Waals surface area contributed by atoms with Crippen LogP contribution in [0.1, 0.15) is 37.8 Å². The van der Waals surface area contributed by atoms with E-state index >= 15 is 0 Å². The molecule has 8 nitrogen and oxygen atoms in total. The zero-order valence-electron chi connectivity index (χ0n) is 20.0. The molecule has 2 heterocycles. The van der Waals surface area contributed by atoms with Crippen molar-refractivity contribution >= 4 is 17.7 Å². The van der Waals surface area contributed by atoms with E-state index in [4.69, 9.17) is 0 Å². The van der Waals surface area contributed by atoms with E-state index in [1.54, 1.807) is 24.0 Å². The van der Waals surface area contributed by atoms with Gasteiger partial charge in [0.05, 0.1) is 0 Å². The predicted octanol–water partition coefficient (Wildman–Crippen LogP) is 2.02. The molecule has 3 rings (SSSR count). The molecule has 8 heteroatoms. The summed E-state index contributed by atoms with van der Waals surface area (Å²) in [6.07, 6.45) is 5.87. The Balaban J connectivity index is 1.71. The van der Waals surface area contributed by atoms with Gasteiger partial charge in [-0.1, -0.05) is 24.3 Å². The summed E-state index contributed by atoms with van der Waals surface area (Å²) in [6, 6.07) is 9.60. The Labute approximate surface area is 195 Å². The third-order valence-electron chi connectivity index (χ3n) is 6.62. The van der Waals surface area contributed by atoms with Crippen molar-refractivity contribution in [3.63, 3.8) is 0 Å². The average molecular weight is 454 g/mol. The smallest absolute Gasteiger partial charge is 0.244 e. The molecule has 178 valence electrons. The summed E-state index contributed by atoms with van der Waals surface area (Å²) in [6.45, 7) is 6.69. The highest BCUT2D eigenvalue weighted by atomic mass is 16.2. The van der Waals surface area contributed by atoms with E-state index in [1.165, 1.54) is 18.1 Å². The SMILES string of the molecule is CC(=O)N[C@@H](C)C(=O)N1CCC([C@H](Cc2ccccc2C)N(C)C(=O)Cn2cccn2)CC1. The second kappa shape index (κ2) is 11.1. The Morgan fingerprint density at radius 1 is 1.18 bits per heavy atom. The molecule has 0 radical (unpaired) electrons. The number of hydrogen-bond acceptors (Lipinski definition) is 4. The molecule has 1 aromatic heterocycles. The lowest BCUT2D eigenvalue weighted by Crippen LogP contribution is -2.52.